The van der Waals surface area contributed by atoms with Crippen LogP contribution in [0.4, 0.5) is 0 Å². The van der Waals surface area contributed by atoms with Gasteiger partial charge in [-0.15, -0.1) is 0 Å². The van der Waals surface area contributed by atoms with Crippen molar-refractivity contribution in [2.24, 2.45) is 5.41 Å². The van der Waals surface area contributed by atoms with Crippen molar-refractivity contribution in [3.05, 3.63) is 35.4 Å². The van der Waals surface area contributed by atoms with Crippen LogP contribution in [0.5, 0.6) is 0 Å². The Morgan fingerprint density at radius 2 is 1.83 bits per heavy atom. The lowest BCUT2D eigenvalue weighted by Crippen LogP contribution is -2.41. The Morgan fingerprint density at radius 1 is 1.22 bits per heavy atom. The molecule has 2 nitrogen and oxygen atoms in total. The van der Waals surface area contributed by atoms with Crippen LogP contribution in [0.2, 0.25) is 0 Å². The molecule has 0 saturated carbocycles. The maximum absolute atomic E-state index is 6.01. The molecule has 0 heterocycles. The molecular weight excluding hydrogens is 222 g/mol. The summed E-state index contributed by atoms with van der Waals surface area (Å²) in [5.41, 5.74) is 2.74. The fraction of sp³-hybridized carbons (Fsp3) is 0.625. The highest BCUT2D eigenvalue weighted by Crippen LogP contribution is 2.33. The van der Waals surface area contributed by atoms with Gasteiger partial charge in [-0.3, -0.25) is 0 Å². The zero-order valence-electron chi connectivity index (χ0n) is 12.6. The summed E-state index contributed by atoms with van der Waals surface area (Å²) in [6.07, 6.45) is 0.161. The summed E-state index contributed by atoms with van der Waals surface area (Å²) >= 11 is 0. The molecule has 0 fully saturated rings. The van der Waals surface area contributed by atoms with Gasteiger partial charge in [0.15, 0.2) is 0 Å². The molecule has 1 aromatic carbocycles. The first kappa shape index (κ1) is 15.2. The van der Waals surface area contributed by atoms with Crippen molar-refractivity contribution in [1.82, 2.24) is 5.32 Å². The van der Waals surface area contributed by atoms with Crippen molar-refractivity contribution in [2.75, 3.05) is 13.7 Å². The van der Waals surface area contributed by atoms with Gasteiger partial charge >= 0.3 is 0 Å². The van der Waals surface area contributed by atoms with E-state index in [1.165, 1.54) is 11.1 Å². The predicted octanol–water partition coefficient (Wildman–Crippen LogP) is 3.71. The van der Waals surface area contributed by atoms with Gasteiger partial charge in [0.2, 0.25) is 0 Å². The molecule has 0 aliphatic carbocycles. The van der Waals surface area contributed by atoms with Gasteiger partial charge in [0.1, 0.15) is 0 Å². The second-order valence-electron chi connectivity index (χ2n) is 5.86. The third kappa shape index (κ3) is 3.56. The first-order valence-corrected chi connectivity index (χ1v) is 6.76. The highest BCUT2D eigenvalue weighted by molar-refractivity contribution is 5.30. The average molecular weight is 249 g/mol. The molecule has 0 bridgehead atoms. The second-order valence-corrected chi connectivity index (χ2v) is 5.86. The first-order chi connectivity index (χ1) is 8.41. The van der Waals surface area contributed by atoms with Crippen LogP contribution in [-0.2, 0) is 4.74 Å². The predicted molar refractivity (Wildman–Crippen MR) is 77.8 cm³/mol. The molecule has 0 aliphatic heterocycles. The number of ether oxygens (including phenoxy) is 1. The summed E-state index contributed by atoms with van der Waals surface area (Å²) in [4.78, 5) is 0. The maximum Gasteiger partial charge on any atom is 0.0817 e. The largest absolute Gasteiger partial charge is 0.376 e. The third-order valence-corrected chi connectivity index (χ3v) is 3.34. The normalized spacial score (nSPS) is 15.4. The maximum atomic E-state index is 6.01. The Morgan fingerprint density at radius 3 is 2.28 bits per heavy atom. The zero-order valence-corrected chi connectivity index (χ0v) is 12.6. The molecule has 0 aromatic heterocycles. The highest BCUT2D eigenvalue weighted by Gasteiger charge is 2.33. The fourth-order valence-corrected chi connectivity index (χ4v) is 2.43. The van der Waals surface area contributed by atoms with E-state index in [9.17, 15) is 0 Å². The molecule has 0 saturated heterocycles. The minimum absolute atomic E-state index is 0.103. The monoisotopic (exact) mass is 249 g/mol. The third-order valence-electron chi connectivity index (χ3n) is 3.34. The van der Waals surface area contributed by atoms with Gasteiger partial charge in [-0.1, -0.05) is 45.0 Å². The molecule has 18 heavy (non-hydrogen) atoms. The van der Waals surface area contributed by atoms with Crippen LogP contribution in [0.15, 0.2) is 24.3 Å². The van der Waals surface area contributed by atoms with E-state index in [2.05, 4.69) is 64.2 Å². The van der Waals surface area contributed by atoms with E-state index in [-0.39, 0.29) is 17.6 Å². The van der Waals surface area contributed by atoms with Crippen molar-refractivity contribution in [2.45, 2.75) is 46.8 Å². The molecule has 2 unspecified atom stereocenters. The SMILES string of the molecule is CCOC(C(NC)c1ccccc1C)C(C)(C)C. The van der Waals surface area contributed by atoms with Gasteiger partial charge in [0.05, 0.1) is 12.1 Å². The van der Waals surface area contributed by atoms with Gasteiger partial charge in [0.25, 0.3) is 0 Å². The van der Waals surface area contributed by atoms with Gasteiger partial charge in [-0.05, 0) is 37.4 Å². The fourth-order valence-electron chi connectivity index (χ4n) is 2.43. The van der Waals surface area contributed by atoms with E-state index in [0.717, 1.165) is 6.61 Å². The number of hydrogen-bond acceptors (Lipinski definition) is 2. The summed E-state index contributed by atoms with van der Waals surface area (Å²) in [6, 6.07) is 8.75. The number of likely N-dealkylation sites (N-methyl/N-ethyl adjacent to an activating group) is 1. The summed E-state index contributed by atoms with van der Waals surface area (Å²) in [5, 5.41) is 3.43. The number of nitrogens with one attached hydrogen (secondary N) is 1. The molecule has 1 aromatic rings. The molecule has 2 atom stereocenters. The van der Waals surface area contributed by atoms with Gasteiger partial charge in [-0.2, -0.15) is 0 Å². The van der Waals surface area contributed by atoms with Gasteiger partial charge in [0, 0.05) is 6.61 Å². The van der Waals surface area contributed by atoms with Crippen molar-refractivity contribution < 1.29 is 4.74 Å². The summed E-state index contributed by atoms with van der Waals surface area (Å²) in [7, 11) is 2.01. The Balaban J connectivity index is 3.10. The average Bonchev–Trinajstić information content (AvgIpc) is 2.30. The molecule has 0 radical (unpaired) electrons. The van der Waals surface area contributed by atoms with Crippen LogP contribution < -0.4 is 5.32 Å². The standard InChI is InChI=1S/C16H27NO/c1-7-18-15(16(3,4)5)14(17-6)13-11-9-8-10-12(13)2/h8-11,14-15,17H,7H2,1-6H3. The molecular formula is C16H27NO. The molecule has 0 spiro atoms. The highest BCUT2D eigenvalue weighted by atomic mass is 16.5. The second kappa shape index (κ2) is 6.35. The lowest BCUT2D eigenvalue weighted by molar-refractivity contribution is -0.0352. The number of hydrogen-bond donors (Lipinski definition) is 1. The van der Waals surface area contributed by atoms with Crippen LogP contribution in [0.1, 0.15) is 44.9 Å². The van der Waals surface area contributed by atoms with Crippen LogP contribution in [0, 0.1) is 12.3 Å². The van der Waals surface area contributed by atoms with E-state index in [4.69, 9.17) is 4.74 Å². The topological polar surface area (TPSA) is 21.3 Å². The van der Waals surface area contributed by atoms with E-state index in [1.807, 2.05) is 7.05 Å². The molecule has 1 rings (SSSR count). The van der Waals surface area contributed by atoms with Crippen molar-refractivity contribution in [3.63, 3.8) is 0 Å². The zero-order chi connectivity index (χ0) is 13.8. The van der Waals surface area contributed by atoms with Crippen LogP contribution >= 0.6 is 0 Å². The quantitative estimate of drug-likeness (QED) is 0.859. The van der Waals surface area contributed by atoms with Crippen LogP contribution in [0.25, 0.3) is 0 Å². The van der Waals surface area contributed by atoms with E-state index >= 15 is 0 Å². The number of rotatable bonds is 5. The van der Waals surface area contributed by atoms with Gasteiger partial charge in [-0.25, -0.2) is 0 Å². The minimum atomic E-state index is 0.103. The molecule has 1 N–H and O–H groups in total. The van der Waals surface area contributed by atoms with Crippen molar-refractivity contribution in [1.29, 1.82) is 0 Å². The van der Waals surface area contributed by atoms with Crippen LogP contribution in [-0.4, -0.2) is 19.8 Å². The van der Waals surface area contributed by atoms with Gasteiger partial charge < -0.3 is 10.1 Å². The van der Waals surface area contributed by atoms with E-state index < -0.39 is 0 Å². The smallest absolute Gasteiger partial charge is 0.0817 e. The molecule has 2 heteroatoms. The lowest BCUT2D eigenvalue weighted by atomic mass is 9.81. The Hall–Kier alpha value is -0.860. The Labute approximate surface area is 112 Å². The minimum Gasteiger partial charge on any atom is -0.376 e. The number of benzene rings is 1. The Kier molecular flexibility index (Phi) is 5.36. The van der Waals surface area contributed by atoms with Crippen LogP contribution in [0.3, 0.4) is 0 Å². The number of aryl methyl sites for hydroxylation is 1. The lowest BCUT2D eigenvalue weighted by Gasteiger charge is -2.37. The van der Waals surface area contributed by atoms with Crippen molar-refractivity contribution >= 4 is 0 Å². The van der Waals surface area contributed by atoms with Crippen molar-refractivity contribution in [3.8, 4) is 0 Å². The Bertz CT molecular complexity index is 368. The summed E-state index contributed by atoms with van der Waals surface area (Å²) in [5.74, 6) is 0. The summed E-state index contributed by atoms with van der Waals surface area (Å²) < 4.78 is 6.01. The molecule has 0 aliphatic rings. The summed E-state index contributed by atoms with van der Waals surface area (Å²) in [6.45, 7) is 11.7. The first-order valence-electron chi connectivity index (χ1n) is 6.76. The van der Waals surface area contributed by atoms with E-state index in [1.54, 1.807) is 0 Å². The molecule has 102 valence electrons. The molecule has 0 amide bonds. The van der Waals surface area contributed by atoms with E-state index in [0.29, 0.717) is 0 Å².